The number of nitrogens with two attached hydrogens (primary N) is 1. The largest absolute Gasteiger partial charge is 1.00 e. The zero-order valence-electron chi connectivity index (χ0n) is 14.7. The van der Waals surface area contributed by atoms with E-state index in [-0.39, 0.29) is 12.4 Å². The van der Waals surface area contributed by atoms with E-state index in [0.29, 0.717) is 5.13 Å². The van der Waals surface area contributed by atoms with Gasteiger partial charge in [-0.05, 0) is 6.42 Å². The fourth-order valence-corrected chi connectivity index (χ4v) is 3.46. The average molecular weight is 368 g/mol. The summed E-state index contributed by atoms with van der Waals surface area (Å²) in [6.07, 6.45) is 14.2. The van der Waals surface area contributed by atoms with E-state index in [1.54, 1.807) is 0 Å². The lowest BCUT2D eigenvalue weighted by atomic mass is 10.1. The summed E-state index contributed by atoms with van der Waals surface area (Å²) in [6, 6.07) is 6.45. The third-order valence-electron chi connectivity index (χ3n) is 4.22. The highest BCUT2D eigenvalue weighted by atomic mass is 35.5. The first-order valence-electron chi connectivity index (χ1n) is 8.97. The van der Waals surface area contributed by atoms with Crippen LogP contribution in [0.5, 0.6) is 0 Å². The number of thiazole rings is 1. The van der Waals surface area contributed by atoms with Crippen LogP contribution in [-0.2, 0) is 13.0 Å². The summed E-state index contributed by atoms with van der Waals surface area (Å²) in [5.41, 5.74) is 8.18. The zero-order valence-corrected chi connectivity index (χ0v) is 16.3. The molecule has 0 radical (unpaired) electrons. The molecule has 24 heavy (non-hydrogen) atoms. The van der Waals surface area contributed by atoms with Gasteiger partial charge in [-0.2, -0.15) is 4.57 Å². The molecule has 2 rings (SSSR count). The first-order valence-corrected chi connectivity index (χ1v) is 9.84. The maximum Gasteiger partial charge on any atom is 0.191 e. The lowest BCUT2D eigenvalue weighted by Gasteiger charge is -2.03. The molecule has 0 saturated carbocycles. The summed E-state index contributed by atoms with van der Waals surface area (Å²) >= 11 is 1.52. The van der Waals surface area contributed by atoms with Crippen LogP contribution in [0.2, 0.25) is 0 Å². The molecular formula is C19H30ClN3S. The highest BCUT2D eigenvalue weighted by Crippen LogP contribution is 2.12. The Labute approximate surface area is 156 Å². The van der Waals surface area contributed by atoms with Gasteiger partial charge in [-0.1, -0.05) is 57.9 Å². The van der Waals surface area contributed by atoms with Gasteiger partial charge in [-0.15, -0.1) is 11.3 Å². The van der Waals surface area contributed by atoms with Gasteiger partial charge in [0.05, 0.1) is 0 Å². The predicted octanol–water partition coefficient (Wildman–Crippen LogP) is 1.75. The standard InChI is InChI=1S/C19H30N3S.ClH/c1-2-3-4-5-6-7-8-9-12-18-13-10-11-14-22(18)15-17-16-23-19(20)21-17;/h10-11,13-14,16H,2-9,12,15H2,1H3,(H2,20,21);1H/q+1;/p-1. The predicted molar refractivity (Wildman–Crippen MR) is 98.6 cm³/mol. The van der Waals surface area contributed by atoms with Gasteiger partial charge in [0.2, 0.25) is 0 Å². The van der Waals surface area contributed by atoms with Crippen molar-refractivity contribution in [2.75, 3.05) is 5.73 Å². The molecule has 0 amide bonds. The highest BCUT2D eigenvalue weighted by Gasteiger charge is 2.12. The number of halogens is 1. The molecule has 134 valence electrons. The number of pyridine rings is 1. The Bertz CT molecular complexity index is 571. The Balaban J connectivity index is 0.00000288. The molecule has 0 aliphatic heterocycles. The van der Waals surface area contributed by atoms with Crippen molar-refractivity contribution < 1.29 is 17.0 Å². The molecule has 0 spiro atoms. The van der Waals surface area contributed by atoms with E-state index in [0.717, 1.165) is 18.7 Å². The van der Waals surface area contributed by atoms with Crippen LogP contribution >= 0.6 is 11.3 Å². The second kappa shape index (κ2) is 12.3. The summed E-state index contributed by atoms with van der Waals surface area (Å²) < 4.78 is 2.30. The quantitative estimate of drug-likeness (QED) is 0.485. The van der Waals surface area contributed by atoms with Gasteiger partial charge in [-0.25, -0.2) is 4.98 Å². The van der Waals surface area contributed by atoms with E-state index in [4.69, 9.17) is 5.73 Å². The van der Waals surface area contributed by atoms with Gasteiger partial charge in [-0.3, -0.25) is 0 Å². The maximum absolute atomic E-state index is 5.73. The number of nitrogens with zero attached hydrogens (tertiary/aromatic N) is 2. The van der Waals surface area contributed by atoms with Gasteiger partial charge < -0.3 is 18.1 Å². The van der Waals surface area contributed by atoms with Crippen LogP contribution in [-0.4, -0.2) is 4.98 Å². The third kappa shape index (κ3) is 7.63. The van der Waals surface area contributed by atoms with Gasteiger partial charge in [0.25, 0.3) is 0 Å². The molecule has 2 aromatic rings. The molecule has 0 fully saturated rings. The molecular weight excluding hydrogens is 338 g/mol. The Hall–Kier alpha value is -1.13. The number of hydrogen-bond acceptors (Lipinski definition) is 3. The summed E-state index contributed by atoms with van der Waals surface area (Å²) in [4.78, 5) is 4.37. The second-order valence-corrected chi connectivity index (χ2v) is 7.11. The van der Waals surface area contributed by atoms with Crippen molar-refractivity contribution in [1.29, 1.82) is 0 Å². The molecule has 2 aromatic heterocycles. The molecule has 0 saturated heterocycles. The lowest BCUT2D eigenvalue weighted by Crippen LogP contribution is -3.00. The van der Waals surface area contributed by atoms with Gasteiger partial charge in [0.15, 0.2) is 23.6 Å². The van der Waals surface area contributed by atoms with Gasteiger partial charge in [0.1, 0.15) is 5.69 Å². The summed E-state index contributed by atoms with van der Waals surface area (Å²) in [5.74, 6) is 0. The van der Waals surface area contributed by atoms with Crippen LogP contribution in [0, 0.1) is 0 Å². The Morgan fingerprint density at radius 2 is 1.75 bits per heavy atom. The van der Waals surface area contributed by atoms with E-state index in [2.05, 4.69) is 46.3 Å². The van der Waals surface area contributed by atoms with Crippen LogP contribution in [0.25, 0.3) is 0 Å². The average Bonchev–Trinajstić information content (AvgIpc) is 2.96. The van der Waals surface area contributed by atoms with E-state index < -0.39 is 0 Å². The van der Waals surface area contributed by atoms with E-state index >= 15 is 0 Å². The Morgan fingerprint density at radius 3 is 2.42 bits per heavy atom. The highest BCUT2D eigenvalue weighted by molar-refractivity contribution is 7.13. The molecule has 0 bridgehead atoms. The molecule has 0 atom stereocenters. The topological polar surface area (TPSA) is 42.8 Å². The normalized spacial score (nSPS) is 10.5. The van der Waals surface area contributed by atoms with Crippen LogP contribution in [0.3, 0.4) is 0 Å². The smallest absolute Gasteiger partial charge is 0.191 e. The first-order chi connectivity index (χ1) is 11.3. The number of nitrogen functional groups attached to an aromatic ring is 1. The van der Waals surface area contributed by atoms with Crippen LogP contribution < -0.4 is 22.7 Å². The summed E-state index contributed by atoms with van der Waals surface area (Å²) in [7, 11) is 0. The van der Waals surface area contributed by atoms with Crippen LogP contribution in [0.15, 0.2) is 29.8 Å². The molecule has 5 heteroatoms. The summed E-state index contributed by atoms with van der Waals surface area (Å²) in [6.45, 7) is 3.09. The molecule has 3 nitrogen and oxygen atoms in total. The Kier molecular flexibility index (Phi) is 10.7. The van der Waals surface area contributed by atoms with Crippen molar-refractivity contribution in [2.24, 2.45) is 0 Å². The van der Waals surface area contributed by atoms with Crippen molar-refractivity contribution >= 4 is 16.5 Å². The minimum absolute atomic E-state index is 0. The Morgan fingerprint density at radius 1 is 1.04 bits per heavy atom. The van der Waals surface area contributed by atoms with Crippen molar-refractivity contribution in [2.45, 2.75) is 71.3 Å². The minimum atomic E-state index is 0. The number of anilines is 1. The number of rotatable bonds is 11. The number of aromatic nitrogens is 2. The van der Waals surface area contributed by atoms with Crippen molar-refractivity contribution in [3.05, 3.63) is 41.2 Å². The molecule has 0 unspecified atom stereocenters. The van der Waals surface area contributed by atoms with Crippen molar-refractivity contribution in [3.8, 4) is 0 Å². The fourth-order valence-electron chi connectivity index (χ4n) is 2.90. The molecule has 0 aliphatic carbocycles. The maximum atomic E-state index is 5.73. The van der Waals surface area contributed by atoms with Gasteiger partial charge in [0, 0.05) is 23.9 Å². The lowest BCUT2D eigenvalue weighted by molar-refractivity contribution is -0.696. The van der Waals surface area contributed by atoms with Gasteiger partial charge >= 0.3 is 0 Å². The second-order valence-electron chi connectivity index (χ2n) is 6.22. The zero-order chi connectivity index (χ0) is 16.3. The number of aryl methyl sites for hydroxylation is 1. The van der Waals surface area contributed by atoms with E-state index in [1.807, 2.05) is 0 Å². The molecule has 2 heterocycles. The van der Waals surface area contributed by atoms with Crippen molar-refractivity contribution in [1.82, 2.24) is 4.98 Å². The SMILES string of the molecule is CCCCCCCCCCc1cccc[n+]1Cc1csc(N)n1.[Cl-]. The first kappa shape index (κ1) is 20.9. The third-order valence-corrected chi connectivity index (χ3v) is 4.95. The fraction of sp³-hybridized carbons (Fsp3) is 0.579. The molecule has 2 N–H and O–H groups in total. The summed E-state index contributed by atoms with van der Waals surface area (Å²) in [5, 5.41) is 2.70. The van der Waals surface area contributed by atoms with E-state index in [1.165, 1.54) is 68.4 Å². The molecule has 0 aliphatic rings. The van der Waals surface area contributed by atoms with Crippen LogP contribution in [0.1, 0.15) is 69.7 Å². The van der Waals surface area contributed by atoms with Crippen LogP contribution in [0.4, 0.5) is 5.13 Å². The van der Waals surface area contributed by atoms with E-state index in [9.17, 15) is 0 Å². The van der Waals surface area contributed by atoms with Crippen molar-refractivity contribution in [3.63, 3.8) is 0 Å². The molecule has 0 aromatic carbocycles. The number of hydrogen-bond donors (Lipinski definition) is 1. The monoisotopic (exact) mass is 367 g/mol. The minimum Gasteiger partial charge on any atom is -1.00 e. The number of unbranched alkanes of at least 4 members (excludes halogenated alkanes) is 7.